The van der Waals surface area contributed by atoms with Crippen molar-refractivity contribution in [3.63, 3.8) is 0 Å². The van der Waals surface area contributed by atoms with E-state index in [4.69, 9.17) is 11.6 Å². The van der Waals surface area contributed by atoms with Crippen molar-refractivity contribution in [2.24, 2.45) is 0 Å². The number of carbonyl (C=O) groups excluding carboxylic acids is 1. The first-order valence-electron chi connectivity index (χ1n) is 4.50. The van der Waals surface area contributed by atoms with Crippen LogP contribution in [0.5, 0.6) is 0 Å². The Hall–Kier alpha value is -1.32. The van der Waals surface area contributed by atoms with Gasteiger partial charge in [0.1, 0.15) is 0 Å². The van der Waals surface area contributed by atoms with Crippen LogP contribution in [0.2, 0.25) is 0 Å². The summed E-state index contributed by atoms with van der Waals surface area (Å²) in [7, 11) is 1.52. The van der Waals surface area contributed by atoms with Crippen molar-refractivity contribution in [2.75, 3.05) is 7.05 Å². The van der Waals surface area contributed by atoms with Gasteiger partial charge in [0.15, 0.2) is 0 Å². The molecular weight excluding hydrogens is 214 g/mol. The maximum atomic E-state index is 11.4. The smallest absolute Gasteiger partial charge is 0.250 e. The summed E-state index contributed by atoms with van der Waals surface area (Å²) in [6, 6.07) is 8.86. The van der Waals surface area contributed by atoms with Crippen LogP contribution in [0.1, 0.15) is 5.56 Å². The van der Waals surface area contributed by atoms with Crippen molar-refractivity contribution >= 4 is 17.5 Å². The number of hydrogen-bond acceptors (Lipinski definition) is 2. The Morgan fingerprint density at radius 1 is 1.33 bits per heavy atom. The van der Waals surface area contributed by atoms with Gasteiger partial charge in [0.05, 0.1) is 5.03 Å². The van der Waals surface area contributed by atoms with Crippen molar-refractivity contribution in [1.29, 1.82) is 0 Å². The Bertz CT molecular complexity index is 429. The molecule has 0 aliphatic carbocycles. The minimum Gasteiger partial charge on any atom is -0.362 e. The highest BCUT2D eigenvalue weighted by molar-refractivity contribution is 6.33. The van der Waals surface area contributed by atoms with Crippen molar-refractivity contribution in [3.8, 4) is 0 Å². The van der Waals surface area contributed by atoms with E-state index in [2.05, 4.69) is 0 Å². The molecule has 0 aromatic heterocycles. The van der Waals surface area contributed by atoms with E-state index in [0.717, 1.165) is 0 Å². The van der Waals surface area contributed by atoms with E-state index in [9.17, 15) is 9.90 Å². The van der Waals surface area contributed by atoms with Gasteiger partial charge >= 0.3 is 0 Å². The standard InChI is InChI=1S/C11H10ClNO2/c1-13-10(14)7-9(12)11(13,15)8-5-3-2-4-6-8/h2-7,15H,1H3. The van der Waals surface area contributed by atoms with Crippen molar-refractivity contribution < 1.29 is 9.90 Å². The molecule has 1 aromatic carbocycles. The van der Waals surface area contributed by atoms with Gasteiger partial charge in [-0.25, -0.2) is 0 Å². The quantitative estimate of drug-likeness (QED) is 0.783. The number of aliphatic hydroxyl groups is 1. The van der Waals surface area contributed by atoms with E-state index in [0.29, 0.717) is 5.56 Å². The lowest BCUT2D eigenvalue weighted by molar-refractivity contribution is -0.139. The van der Waals surface area contributed by atoms with E-state index >= 15 is 0 Å². The molecule has 1 aliphatic rings. The number of likely N-dealkylation sites (N-methyl/N-ethyl adjacent to an activating group) is 1. The average molecular weight is 224 g/mol. The molecule has 1 N–H and O–H groups in total. The number of amides is 1. The molecule has 0 spiro atoms. The number of hydrogen-bond donors (Lipinski definition) is 1. The number of carbonyl (C=O) groups is 1. The first-order valence-corrected chi connectivity index (χ1v) is 4.88. The Morgan fingerprint density at radius 2 is 1.93 bits per heavy atom. The van der Waals surface area contributed by atoms with E-state index in [1.807, 2.05) is 6.07 Å². The lowest BCUT2D eigenvalue weighted by atomic mass is 10.0. The fourth-order valence-electron chi connectivity index (χ4n) is 1.63. The minimum absolute atomic E-state index is 0.126. The third-order valence-electron chi connectivity index (χ3n) is 2.58. The zero-order valence-electron chi connectivity index (χ0n) is 8.14. The maximum Gasteiger partial charge on any atom is 0.250 e. The largest absolute Gasteiger partial charge is 0.362 e. The summed E-state index contributed by atoms with van der Waals surface area (Å²) in [5, 5.41) is 10.5. The number of halogens is 1. The first-order chi connectivity index (χ1) is 7.06. The summed E-state index contributed by atoms with van der Waals surface area (Å²) in [5.41, 5.74) is -0.931. The predicted molar refractivity (Wildman–Crippen MR) is 57.0 cm³/mol. The first kappa shape index (κ1) is 10.2. The van der Waals surface area contributed by atoms with Gasteiger partial charge in [0.25, 0.3) is 0 Å². The van der Waals surface area contributed by atoms with Crippen LogP contribution in [-0.4, -0.2) is 23.0 Å². The molecule has 1 amide bonds. The topological polar surface area (TPSA) is 40.5 Å². The van der Waals surface area contributed by atoms with Gasteiger partial charge in [-0.3, -0.25) is 4.79 Å². The second kappa shape index (κ2) is 3.36. The maximum absolute atomic E-state index is 11.4. The monoisotopic (exact) mass is 223 g/mol. The number of benzene rings is 1. The molecule has 3 nitrogen and oxygen atoms in total. The van der Waals surface area contributed by atoms with Crippen LogP contribution in [0.15, 0.2) is 41.4 Å². The second-order valence-electron chi connectivity index (χ2n) is 3.43. The molecular formula is C11H10ClNO2. The molecule has 1 atom stereocenters. The summed E-state index contributed by atoms with van der Waals surface area (Å²) in [5.74, 6) is -0.300. The third kappa shape index (κ3) is 1.35. The van der Waals surface area contributed by atoms with Crippen LogP contribution < -0.4 is 0 Å². The number of nitrogens with zero attached hydrogens (tertiary/aromatic N) is 1. The molecule has 2 rings (SSSR count). The van der Waals surface area contributed by atoms with E-state index in [1.54, 1.807) is 24.3 Å². The predicted octanol–water partition coefficient (Wildman–Crippen LogP) is 1.43. The fraction of sp³-hybridized carbons (Fsp3) is 0.182. The van der Waals surface area contributed by atoms with Gasteiger partial charge in [-0.2, -0.15) is 0 Å². The van der Waals surface area contributed by atoms with E-state index < -0.39 is 5.72 Å². The summed E-state index contributed by atoms with van der Waals surface area (Å²) >= 11 is 5.89. The van der Waals surface area contributed by atoms with Gasteiger partial charge in [-0.1, -0.05) is 41.9 Å². The highest BCUT2D eigenvalue weighted by Gasteiger charge is 2.44. The molecule has 4 heteroatoms. The molecule has 0 fully saturated rings. The SMILES string of the molecule is CN1C(=O)C=C(Cl)C1(O)c1ccccc1. The van der Waals surface area contributed by atoms with Gasteiger partial charge in [0, 0.05) is 18.7 Å². The van der Waals surface area contributed by atoms with Crippen LogP contribution in [-0.2, 0) is 10.5 Å². The number of rotatable bonds is 1. The fourth-order valence-corrected chi connectivity index (χ4v) is 1.96. The van der Waals surface area contributed by atoms with Gasteiger partial charge in [-0.15, -0.1) is 0 Å². The summed E-state index contributed by atoms with van der Waals surface area (Å²) in [6.07, 6.45) is 1.23. The Morgan fingerprint density at radius 3 is 2.40 bits per heavy atom. The molecule has 15 heavy (non-hydrogen) atoms. The molecule has 0 saturated heterocycles. The zero-order valence-corrected chi connectivity index (χ0v) is 8.90. The molecule has 0 bridgehead atoms. The lowest BCUT2D eigenvalue weighted by Gasteiger charge is -2.31. The molecule has 1 aromatic rings. The van der Waals surface area contributed by atoms with Crippen LogP contribution in [0.25, 0.3) is 0 Å². The van der Waals surface area contributed by atoms with Gasteiger partial charge < -0.3 is 10.0 Å². The molecule has 1 unspecified atom stereocenters. The molecule has 1 aliphatic heterocycles. The third-order valence-corrected chi connectivity index (χ3v) is 2.95. The second-order valence-corrected chi connectivity index (χ2v) is 3.83. The van der Waals surface area contributed by atoms with Crippen LogP contribution in [0.4, 0.5) is 0 Å². The van der Waals surface area contributed by atoms with Crippen molar-refractivity contribution in [2.45, 2.75) is 5.72 Å². The Labute approximate surface area is 92.6 Å². The zero-order chi connectivity index (χ0) is 11.1. The molecule has 0 saturated carbocycles. The summed E-state index contributed by atoms with van der Waals surface area (Å²) in [6.45, 7) is 0. The van der Waals surface area contributed by atoms with Crippen LogP contribution >= 0.6 is 11.6 Å². The molecule has 78 valence electrons. The van der Waals surface area contributed by atoms with Crippen molar-refractivity contribution in [3.05, 3.63) is 47.0 Å². The van der Waals surface area contributed by atoms with E-state index in [1.165, 1.54) is 18.0 Å². The lowest BCUT2D eigenvalue weighted by Crippen LogP contribution is -2.42. The van der Waals surface area contributed by atoms with Gasteiger partial charge in [-0.05, 0) is 0 Å². The van der Waals surface area contributed by atoms with Gasteiger partial charge in [0.2, 0.25) is 11.6 Å². The summed E-state index contributed by atoms with van der Waals surface area (Å²) in [4.78, 5) is 12.6. The average Bonchev–Trinajstić information content (AvgIpc) is 2.45. The van der Waals surface area contributed by atoms with Crippen LogP contribution in [0, 0.1) is 0 Å². The normalized spacial score (nSPS) is 25.7. The Balaban J connectivity index is 2.52. The summed E-state index contributed by atoms with van der Waals surface area (Å²) < 4.78 is 0. The molecule has 0 radical (unpaired) electrons. The van der Waals surface area contributed by atoms with E-state index in [-0.39, 0.29) is 10.9 Å². The molecule has 1 heterocycles. The Kier molecular flexibility index (Phi) is 2.29. The minimum atomic E-state index is -1.51. The highest BCUT2D eigenvalue weighted by Crippen LogP contribution is 2.38. The highest BCUT2D eigenvalue weighted by atomic mass is 35.5. The van der Waals surface area contributed by atoms with Crippen LogP contribution in [0.3, 0.4) is 0 Å². The van der Waals surface area contributed by atoms with Crippen molar-refractivity contribution in [1.82, 2.24) is 4.90 Å².